The van der Waals surface area contributed by atoms with E-state index in [1.807, 2.05) is 12.1 Å². The van der Waals surface area contributed by atoms with Crippen LogP contribution in [-0.4, -0.2) is 55.3 Å². The van der Waals surface area contributed by atoms with Crippen molar-refractivity contribution in [3.8, 4) is 5.75 Å². The van der Waals surface area contributed by atoms with Crippen molar-refractivity contribution in [2.75, 3.05) is 39.4 Å². The average Bonchev–Trinajstić information content (AvgIpc) is 2.99. The molecule has 5 nitrogen and oxygen atoms in total. The standard InChI is InChI=1S/C18H28N2O3/c1-14(2)16-3-5-17(6-4-16)23-10-8-19-18(22)12-20-9-7-15(11-20)13-21/h3-6,14-15,21H,7-13H2,1-2H3,(H,19,22). The van der Waals surface area contributed by atoms with Crippen LogP contribution >= 0.6 is 0 Å². The Kier molecular flexibility index (Phi) is 6.86. The molecule has 1 fully saturated rings. The van der Waals surface area contributed by atoms with Gasteiger partial charge in [0, 0.05) is 13.2 Å². The normalized spacial score (nSPS) is 18.3. The Bertz CT molecular complexity index is 488. The molecule has 0 saturated carbocycles. The van der Waals surface area contributed by atoms with E-state index >= 15 is 0 Å². The molecule has 1 saturated heterocycles. The minimum Gasteiger partial charge on any atom is -0.492 e. The maximum atomic E-state index is 11.9. The zero-order chi connectivity index (χ0) is 16.7. The van der Waals surface area contributed by atoms with Gasteiger partial charge < -0.3 is 15.2 Å². The molecule has 1 atom stereocenters. The topological polar surface area (TPSA) is 61.8 Å². The second-order valence-electron chi connectivity index (χ2n) is 6.49. The Labute approximate surface area is 138 Å². The van der Waals surface area contributed by atoms with E-state index in [0.29, 0.717) is 31.5 Å². The Balaban J connectivity index is 1.60. The van der Waals surface area contributed by atoms with Gasteiger partial charge >= 0.3 is 0 Å². The number of hydrogen-bond acceptors (Lipinski definition) is 4. The lowest BCUT2D eigenvalue weighted by Crippen LogP contribution is -2.37. The number of amides is 1. The summed E-state index contributed by atoms with van der Waals surface area (Å²) in [5, 5.41) is 12.0. The molecule has 2 rings (SSSR count). The minimum atomic E-state index is 0.0161. The number of benzene rings is 1. The van der Waals surface area contributed by atoms with Gasteiger partial charge in [-0.1, -0.05) is 26.0 Å². The van der Waals surface area contributed by atoms with E-state index in [4.69, 9.17) is 9.84 Å². The fraction of sp³-hybridized carbons (Fsp3) is 0.611. The van der Waals surface area contributed by atoms with E-state index in [0.717, 1.165) is 25.3 Å². The average molecular weight is 320 g/mol. The van der Waals surface area contributed by atoms with Crippen molar-refractivity contribution in [2.24, 2.45) is 5.92 Å². The number of ether oxygens (including phenoxy) is 1. The third-order valence-electron chi connectivity index (χ3n) is 4.24. The van der Waals surface area contributed by atoms with E-state index < -0.39 is 0 Å². The van der Waals surface area contributed by atoms with Gasteiger partial charge in [-0.05, 0) is 42.5 Å². The third-order valence-corrected chi connectivity index (χ3v) is 4.24. The zero-order valence-electron chi connectivity index (χ0n) is 14.1. The maximum Gasteiger partial charge on any atom is 0.234 e. The first-order valence-corrected chi connectivity index (χ1v) is 8.41. The number of nitrogens with one attached hydrogen (secondary N) is 1. The molecule has 1 aromatic rings. The molecule has 0 bridgehead atoms. The quantitative estimate of drug-likeness (QED) is 0.715. The maximum absolute atomic E-state index is 11.9. The van der Waals surface area contributed by atoms with Crippen LogP contribution < -0.4 is 10.1 Å². The number of carbonyl (C=O) groups is 1. The van der Waals surface area contributed by atoms with Crippen molar-refractivity contribution in [1.29, 1.82) is 0 Å². The van der Waals surface area contributed by atoms with Crippen molar-refractivity contribution in [3.63, 3.8) is 0 Å². The molecule has 2 N–H and O–H groups in total. The molecule has 128 valence electrons. The Morgan fingerprint density at radius 1 is 1.39 bits per heavy atom. The van der Waals surface area contributed by atoms with Crippen LogP contribution in [0.15, 0.2) is 24.3 Å². The lowest BCUT2D eigenvalue weighted by atomic mass is 10.0. The number of nitrogens with zero attached hydrogens (tertiary/aromatic N) is 1. The number of carbonyl (C=O) groups excluding carboxylic acids is 1. The van der Waals surface area contributed by atoms with Gasteiger partial charge in [0.1, 0.15) is 12.4 Å². The summed E-state index contributed by atoms with van der Waals surface area (Å²) in [5.41, 5.74) is 1.29. The second-order valence-corrected chi connectivity index (χ2v) is 6.49. The highest BCUT2D eigenvalue weighted by Crippen LogP contribution is 2.18. The van der Waals surface area contributed by atoms with Crippen molar-refractivity contribution in [2.45, 2.75) is 26.2 Å². The lowest BCUT2D eigenvalue weighted by molar-refractivity contribution is -0.122. The van der Waals surface area contributed by atoms with Gasteiger partial charge in [0.25, 0.3) is 0 Å². The fourth-order valence-electron chi connectivity index (χ4n) is 2.77. The number of hydrogen-bond donors (Lipinski definition) is 2. The van der Waals surface area contributed by atoms with E-state index in [2.05, 4.69) is 36.2 Å². The minimum absolute atomic E-state index is 0.0161. The first-order chi connectivity index (χ1) is 11.1. The lowest BCUT2D eigenvalue weighted by Gasteiger charge is -2.15. The summed E-state index contributed by atoms with van der Waals surface area (Å²) in [6.45, 7) is 7.60. The third kappa shape index (κ3) is 5.84. The summed E-state index contributed by atoms with van der Waals surface area (Å²) in [5.74, 6) is 1.68. The molecular weight excluding hydrogens is 292 g/mol. The van der Waals surface area contributed by atoms with Crippen LogP contribution in [0.5, 0.6) is 5.75 Å². The summed E-state index contributed by atoms with van der Waals surface area (Å²) >= 11 is 0. The van der Waals surface area contributed by atoms with E-state index in [9.17, 15) is 4.79 Å². The number of aliphatic hydroxyl groups is 1. The van der Waals surface area contributed by atoms with Gasteiger partial charge in [0.15, 0.2) is 0 Å². The summed E-state index contributed by atoms with van der Waals surface area (Å²) in [6.07, 6.45) is 0.971. The van der Waals surface area contributed by atoms with Crippen molar-refractivity contribution >= 4 is 5.91 Å². The van der Waals surface area contributed by atoms with E-state index in [-0.39, 0.29) is 12.5 Å². The molecule has 1 heterocycles. The van der Waals surface area contributed by atoms with Gasteiger partial charge in [-0.25, -0.2) is 0 Å². The van der Waals surface area contributed by atoms with Crippen LogP contribution in [0.3, 0.4) is 0 Å². The van der Waals surface area contributed by atoms with Crippen LogP contribution in [0.25, 0.3) is 0 Å². The molecule has 0 aliphatic carbocycles. The Morgan fingerprint density at radius 2 is 2.13 bits per heavy atom. The molecular formula is C18H28N2O3. The highest BCUT2D eigenvalue weighted by molar-refractivity contribution is 5.78. The Morgan fingerprint density at radius 3 is 2.74 bits per heavy atom. The molecule has 5 heteroatoms. The van der Waals surface area contributed by atoms with Crippen molar-refractivity contribution in [3.05, 3.63) is 29.8 Å². The monoisotopic (exact) mass is 320 g/mol. The molecule has 1 aliphatic rings. The number of rotatable bonds is 8. The molecule has 0 spiro atoms. The van der Waals surface area contributed by atoms with Gasteiger partial charge in [0.05, 0.1) is 13.1 Å². The predicted octanol–water partition coefficient (Wildman–Crippen LogP) is 1.62. The van der Waals surface area contributed by atoms with Gasteiger partial charge in [-0.3, -0.25) is 9.69 Å². The zero-order valence-corrected chi connectivity index (χ0v) is 14.1. The molecule has 23 heavy (non-hydrogen) atoms. The highest BCUT2D eigenvalue weighted by atomic mass is 16.5. The largest absolute Gasteiger partial charge is 0.492 e. The van der Waals surface area contributed by atoms with Gasteiger partial charge in [0.2, 0.25) is 5.91 Å². The smallest absolute Gasteiger partial charge is 0.234 e. The Hall–Kier alpha value is -1.59. The van der Waals surface area contributed by atoms with Crippen LogP contribution in [0, 0.1) is 5.92 Å². The molecule has 0 radical (unpaired) electrons. The first-order valence-electron chi connectivity index (χ1n) is 8.41. The molecule has 1 amide bonds. The predicted molar refractivity (Wildman–Crippen MR) is 90.7 cm³/mol. The van der Waals surface area contributed by atoms with E-state index in [1.54, 1.807) is 0 Å². The number of aliphatic hydroxyl groups excluding tert-OH is 1. The van der Waals surface area contributed by atoms with Crippen LogP contribution in [0.2, 0.25) is 0 Å². The second kappa shape index (κ2) is 8.89. The van der Waals surface area contributed by atoms with Gasteiger partial charge in [-0.15, -0.1) is 0 Å². The summed E-state index contributed by atoms with van der Waals surface area (Å²) in [6, 6.07) is 8.08. The van der Waals surface area contributed by atoms with E-state index in [1.165, 1.54) is 5.56 Å². The molecule has 0 aromatic heterocycles. The van der Waals surface area contributed by atoms with Crippen LogP contribution in [0.1, 0.15) is 31.7 Å². The SMILES string of the molecule is CC(C)c1ccc(OCCNC(=O)CN2CCC(CO)C2)cc1. The highest BCUT2D eigenvalue weighted by Gasteiger charge is 2.22. The molecule has 1 aromatic carbocycles. The van der Waals surface area contributed by atoms with Crippen LogP contribution in [-0.2, 0) is 4.79 Å². The van der Waals surface area contributed by atoms with Crippen LogP contribution in [0.4, 0.5) is 0 Å². The van der Waals surface area contributed by atoms with Crippen molar-refractivity contribution in [1.82, 2.24) is 10.2 Å². The first kappa shape index (κ1) is 17.8. The summed E-state index contributed by atoms with van der Waals surface area (Å²) in [7, 11) is 0. The summed E-state index contributed by atoms with van der Waals surface area (Å²) in [4.78, 5) is 13.9. The number of likely N-dealkylation sites (tertiary alicyclic amines) is 1. The summed E-state index contributed by atoms with van der Waals surface area (Å²) < 4.78 is 5.63. The molecule has 1 aliphatic heterocycles. The molecule has 1 unspecified atom stereocenters. The van der Waals surface area contributed by atoms with Crippen molar-refractivity contribution < 1.29 is 14.6 Å². The fourth-order valence-corrected chi connectivity index (χ4v) is 2.77. The van der Waals surface area contributed by atoms with Gasteiger partial charge in [-0.2, -0.15) is 0 Å².